The number of methoxy groups -OCH3 is 2. The van der Waals surface area contributed by atoms with Gasteiger partial charge in [-0.05, 0) is 47.9 Å². The molecule has 0 aliphatic carbocycles. The van der Waals surface area contributed by atoms with Crippen molar-refractivity contribution in [3.05, 3.63) is 45.5 Å². The Balaban J connectivity index is 1.53. The van der Waals surface area contributed by atoms with Crippen LogP contribution in [0.25, 0.3) is 0 Å². The minimum absolute atomic E-state index is 0.0124. The van der Waals surface area contributed by atoms with Crippen molar-refractivity contribution in [1.29, 1.82) is 0 Å². The van der Waals surface area contributed by atoms with Gasteiger partial charge in [0.25, 0.3) is 0 Å². The molecule has 0 radical (unpaired) electrons. The number of morpholine rings is 2. The van der Waals surface area contributed by atoms with Crippen LogP contribution < -0.4 is 0 Å². The SMILES string of the molecule is CCc1c(O)cc(O)c(C2CN(C(=O)N3CCOC(c4c(O)cc(O)c(CC)c4CCOCCOC)C3)CCO2)c1CCOCCOC. The van der Waals surface area contributed by atoms with Gasteiger partial charge in [0, 0.05) is 50.6 Å². The van der Waals surface area contributed by atoms with Crippen molar-refractivity contribution in [2.24, 2.45) is 0 Å². The number of ether oxygens (including phenoxy) is 6. The van der Waals surface area contributed by atoms with Gasteiger partial charge in [0.2, 0.25) is 0 Å². The smallest absolute Gasteiger partial charge is 0.320 e. The van der Waals surface area contributed by atoms with E-state index < -0.39 is 12.2 Å². The Morgan fingerprint density at radius 1 is 0.667 bits per heavy atom. The van der Waals surface area contributed by atoms with E-state index in [1.165, 1.54) is 12.1 Å². The number of rotatable bonds is 16. The van der Waals surface area contributed by atoms with Crippen LogP contribution in [0.1, 0.15) is 59.4 Å². The molecule has 2 atom stereocenters. The minimum atomic E-state index is -0.614. The number of aromatic hydroxyl groups is 4. The Morgan fingerprint density at radius 3 is 1.46 bits per heavy atom. The topological polar surface area (TPSA) is 160 Å². The first kappa shape index (κ1) is 37.5. The highest BCUT2D eigenvalue weighted by atomic mass is 16.5. The lowest BCUT2D eigenvalue weighted by Crippen LogP contribution is -2.52. The van der Waals surface area contributed by atoms with Crippen LogP contribution in [-0.4, -0.2) is 130 Å². The highest BCUT2D eigenvalue weighted by Gasteiger charge is 2.36. The Bertz CT molecular complexity index is 1260. The van der Waals surface area contributed by atoms with Crippen LogP contribution in [0.3, 0.4) is 0 Å². The molecule has 2 aromatic carbocycles. The van der Waals surface area contributed by atoms with E-state index in [4.69, 9.17) is 28.4 Å². The molecule has 0 aromatic heterocycles. The second kappa shape index (κ2) is 18.4. The molecule has 2 aliphatic rings. The minimum Gasteiger partial charge on any atom is -0.508 e. The fraction of sp³-hybridized carbons (Fsp3) is 0.629. The maximum absolute atomic E-state index is 14.0. The molecule has 0 spiro atoms. The summed E-state index contributed by atoms with van der Waals surface area (Å²) in [4.78, 5) is 17.4. The molecule has 13 heteroatoms. The number of carbonyl (C=O) groups is 1. The van der Waals surface area contributed by atoms with Crippen molar-refractivity contribution >= 4 is 6.03 Å². The Hall–Kier alpha value is -3.33. The molecule has 13 nitrogen and oxygen atoms in total. The maximum Gasteiger partial charge on any atom is 0.320 e. The van der Waals surface area contributed by atoms with Gasteiger partial charge in [-0.3, -0.25) is 0 Å². The summed E-state index contributed by atoms with van der Waals surface area (Å²) in [5, 5.41) is 43.4. The Morgan fingerprint density at radius 2 is 1.08 bits per heavy atom. The van der Waals surface area contributed by atoms with Gasteiger partial charge >= 0.3 is 6.03 Å². The van der Waals surface area contributed by atoms with Crippen LogP contribution in [0.15, 0.2) is 12.1 Å². The summed E-state index contributed by atoms with van der Waals surface area (Å²) in [5.74, 6) is -0.150. The van der Waals surface area contributed by atoms with E-state index in [1.54, 1.807) is 24.0 Å². The van der Waals surface area contributed by atoms with Crippen LogP contribution in [-0.2, 0) is 54.1 Å². The van der Waals surface area contributed by atoms with E-state index in [-0.39, 0.29) is 55.3 Å². The number of amides is 2. The zero-order chi connectivity index (χ0) is 34.6. The van der Waals surface area contributed by atoms with Gasteiger partial charge in [0.05, 0.1) is 65.9 Å². The number of urea groups is 1. The number of hydrogen-bond donors (Lipinski definition) is 4. The first-order chi connectivity index (χ1) is 23.2. The molecule has 2 amide bonds. The largest absolute Gasteiger partial charge is 0.508 e. The standard InChI is InChI=1S/C35H52N2O11/c1-5-23-25(7-11-45-17-15-43-3)33(29(40)19-27(23)38)31-21-36(9-13-47-31)35(42)37-10-14-48-32(22-37)34-26(8-12-46-18-16-44-4)24(6-2)28(39)20-30(34)41/h19-20,31-32,38-41H,5-18,21-22H2,1-4H3. The summed E-state index contributed by atoms with van der Waals surface area (Å²) >= 11 is 0. The molecule has 268 valence electrons. The molecule has 0 bridgehead atoms. The molecule has 0 saturated carbocycles. The third kappa shape index (κ3) is 9.01. The van der Waals surface area contributed by atoms with Crippen molar-refractivity contribution in [3.63, 3.8) is 0 Å². The number of benzene rings is 2. The van der Waals surface area contributed by atoms with Crippen molar-refractivity contribution < 1.29 is 53.6 Å². The van der Waals surface area contributed by atoms with E-state index in [2.05, 4.69) is 0 Å². The fourth-order valence-electron chi connectivity index (χ4n) is 6.64. The molecule has 2 saturated heterocycles. The number of phenolic OH excluding ortho intramolecular Hbond substituents is 4. The van der Waals surface area contributed by atoms with E-state index in [0.29, 0.717) is 101 Å². The zero-order valence-corrected chi connectivity index (χ0v) is 28.7. The van der Waals surface area contributed by atoms with E-state index in [0.717, 1.165) is 11.1 Å². The summed E-state index contributed by atoms with van der Waals surface area (Å²) in [5.41, 5.74) is 4.03. The highest BCUT2D eigenvalue weighted by molar-refractivity contribution is 5.75. The van der Waals surface area contributed by atoms with Crippen LogP contribution in [0.4, 0.5) is 4.79 Å². The molecule has 2 aromatic rings. The van der Waals surface area contributed by atoms with Gasteiger partial charge in [-0.25, -0.2) is 4.79 Å². The Kier molecular flexibility index (Phi) is 14.4. The van der Waals surface area contributed by atoms with Gasteiger partial charge in [-0.2, -0.15) is 0 Å². The normalized spacial score (nSPS) is 18.4. The average Bonchev–Trinajstić information content (AvgIpc) is 3.07. The molecular weight excluding hydrogens is 624 g/mol. The number of phenols is 4. The van der Waals surface area contributed by atoms with E-state index >= 15 is 0 Å². The molecule has 2 unspecified atom stereocenters. The number of nitrogens with zero attached hydrogens (tertiary/aromatic N) is 2. The summed E-state index contributed by atoms with van der Waals surface area (Å²) < 4.78 is 33.8. The summed E-state index contributed by atoms with van der Waals surface area (Å²) in [6.45, 7) is 8.02. The quantitative estimate of drug-likeness (QED) is 0.192. The summed E-state index contributed by atoms with van der Waals surface area (Å²) in [6, 6.07) is 2.48. The predicted octanol–water partition coefficient (Wildman–Crippen LogP) is 3.61. The van der Waals surface area contributed by atoms with Crippen molar-refractivity contribution in [3.8, 4) is 23.0 Å². The molecule has 2 aliphatic heterocycles. The third-order valence-electron chi connectivity index (χ3n) is 8.98. The van der Waals surface area contributed by atoms with Gasteiger partial charge in [-0.15, -0.1) is 0 Å². The molecule has 2 fully saturated rings. The van der Waals surface area contributed by atoms with Crippen LogP contribution in [0, 0.1) is 0 Å². The zero-order valence-electron chi connectivity index (χ0n) is 28.7. The lowest BCUT2D eigenvalue weighted by molar-refractivity contribution is -0.0432. The first-order valence-corrected chi connectivity index (χ1v) is 16.8. The van der Waals surface area contributed by atoms with Crippen LogP contribution in [0.5, 0.6) is 23.0 Å². The second-order valence-electron chi connectivity index (χ2n) is 11.9. The van der Waals surface area contributed by atoms with Gasteiger partial charge < -0.3 is 58.6 Å². The van der Waals surface area contributed by atoms with Gasteiger partial charge in [0.1, 0.15) is 35.2 Å². The first-order valence-electron chi connectivity index (χ1n) is 16.8. The highest BCUT2D eigenvalue weighted by Crippen LogP contribution is 2.41. The number of hydrogen-bond acceptors (Lipinski definition) is 11. The molecule has 48 heavy (non-hydrogen) atoms. The molecule has 2 heterocycles. The van der Waals surface area contributed by atoms with Crippen molar-refractivity contribution in [2.75, 3.05) is 93.3 Å². The van der Waals surface area contributed by atoms with Crippen molar-refractivity contribution in [1.82, 2.24) is 9.80 Å². The third-order valence-corrected chi connectivity index (χ3v) is 8.98. The summed E-state index contributed by atoms with van der Waals surface area (Å²) in [7, 11) is 3.21. The molecular formula is C35H52N2O11. The lowest BCUT2D eigenvalue weighted by atomic mass is 9.91. The van der Waals surface area contributed by atoms with Gasteiger partial charge in [-0.1, -0.05) is 13.8 Å². The monoisotopic (exact) mass is 676 g/mol. The van der Waals surface area contributed by atoms with Crippen molar-refractivity contribution in [2.45, 2.75) is 51.7 Å². The lowest BCUT2D eigenvalue weighted by Gasteiger charge is -2.40. The average molecular weight is 677 g/mol. The van der Waals surface area contributed by atoms with E-state index in [1.807, 2.05) is 13.8 Å². The predicted molar refractivity (Wildman–Crippen MR) is 177 cm³/mol. The van der Waals surface area contributed by atoms with Gasteiger partial charge in [0.15, 0.2) is 0 Å². The molecule has 4 rings (SSSR count). The Labute approximate surface area is 282 Å². The van der Waals surface area contributed by atoms with Crippen LogP contribution in [0.2, 0.25) is 0 Å². The molecule has 4 N–H and O–H groups in total. The maximum atomic E-state index is 14.0. The number of carbonyl (C=O) groups excluding carboxylic acids is 1. The summed E-state index contributed by atoms with van der Waals surface area (Å²) in [6.07, 6.45) is 0.747. The van der Waals surface area contributed by atoms with E-state index in [9.17, 15) is 25.2 Å². The second-order valence-corrected chi connectivity index (χ2v) is 11.9. The fourth-order valence-corrected chi connectivity index (χ4v) is 6.64. The van der Waals surface area contributed by atoms with Crippen LogP contribution >= 0.6 is 0 Å².